The van der Waals surface area contributed by atoms with E-state index < -0.39 is 4.92 Å². The van der Waals surface area contributed by atoms with E-state index in [1.54, 1.807) is 13.0 Å². The van der Waals surface area contributed by atoms with E-state index in [0.29, 0.717) is 28.5 Å². The van der Waals surface area contributed by atoms with E-state index >= 15 is 0 Å². The molecule has 2 rings (SSSR count). The van der Waals surface area contributed by atoms with E-state index in [-0.39, 0.29) is 11.2 Å². The van der Waals surface area contributed by atoms with Crippen LogP contribution < -0.4 is 5.56 Å². The maximum atomic E-state index is 11.8. The van der Waals surface area contributed by atoms with Gasteiger partial charge >= 0.3 is 0 Å². The summed E-state index contributed by atoms with van der Waals surface area (Å²) in [5, 5.41) is 11.5. The van der Waals surface area contributed by atoms with Crippen LogP contribution in [-0.2, 0) is 6.42 Å². The zero-order valence-electron chi connectivity index (χ0n) is 10.3. The minimum Gasteiger partial charge on any atom is -0.321 e. The Bertz CT molecular complexity index is 674. The first-order valence-corrected chi connectivity index (χ1v) is 5.84. The number of benzene rings is 1. The highest BCUT2D eigenvalue weighted by molar-refractivity contribution is 5.84. The van der Waals surface area contributed by atoms with Crippen molar-refractivity contribution in [3.8, 4) is 0 Å². The molecule has 0 aliphatic rings. The summed E-state index contributed by atoms with van der Waals surface area (Å²) < 4.78 is 0. The molecule has 0 saturated heterocycles. The summed E-state index contributed by atoms with van der Waals surface area (Å²) in [7, 11) is 0. The van der Waals surface area contributed by atoms with Gasteiger partial charge in [0.15, 0.2) is 0 Å². The van der Waals surface area contributed by atoms with E-state index in [9.17, 15) is 14.9 Å². The van der Waals surface area contributed by atoms with Gasteiger partial charge in [-0.15, -0.1) is 0 Å². The molecular weight excluding hydrogens is 232 g/mol. The predicted octanol–water partition coefficient (Wildman–Crippen LogP) is 2.70. The van der Waals surface area contributed by atoms with Crippen LogP contribution >= 0.6 is 0 Å². The molecule has 5 heteroatoms. The van der Waals surface area contributed by atoms with Crippen molar-refractivity contribution in [2.45, 2.75) is 26.7 Å². The fraction of sp³-hybridized carbons (Fsp3) is 0.308. The average molecular weight is 246 g/mol. The van der Waals surface area contributed by atoms with Crippen molar-refractivity contribution in [3.63, 3.8) is 0 Å². The van der Waals surface area contributed by atoms with Gasteiger partial charge in [-0.05, 0) is 25.0 Å². The lowest BCUT2D eigenvalue weighted by Gasteiger charge is -2.05. The molecular formula is C13H14N2O3. The van der Waals surface area contributed by atoms with Crippen LogP contribution in [0.3, 0.4) is 0 Å². The highest BCUT2D eigenvalue weighted by Crippen LogP contribution is 2.23. The van der Waals surface area contributed by atoms with Crippen LogP contribution in [0.4, 0.5) is 5.69 Å². The molecule has 94 valence electrons. The maximum Gasteiger partial charge on any atom is 0.270 e. The molecule has 1 N–H and O–H groups in total. The number of nitro benzene ring substituents is 1. The summed E-state index contributed by atoms with van der Waals surface area (Å²) in [6.45, 7) is 3.74. The van der Waals surface area contributed by atoms with Crippen LogP contribution in [-0.4, -0.2) is 9.91 Å². The summed E-state index contributed by atoms with van der Waals surface area (Å²) in [6, 6.07) is 4.72. The van der Waals surface area contributed by atoms with E-state index in [0.717, 1.165) is 6.42 Å². The quantitative estimate of drug-likeness (QED) is 0.668. The number of hydrogen-bond donors (Lipinski definition) is 1. The van der Waals surface area contributed by atoms with Gasteiger partial charge < -0.3 is 4.98 Å². The van der Waals surface area contributed by atoms with Gasteiger partial charge in [0.1, 0.15) is 0 Å². The Labute approximate surface area is 104 Å². The number of aromatic amines is 1. The standard InChI is InChI=1S/C13H14N2O3/c1-3-4-9-6-10-7-11(15(17)18)5-8(2)12(10)14-13(9)16/h5-7H,3-4H2,1-2H3,(H,14,16). The molecule has 0 aliphatic carbocycles. The third-order valence-corrected chi connectivity index (χ3v) is 2.94. The molecule has 0 saturated carbocycles. The molecule has 1 heterocycles. The highest BCUT2D eigenvalue weighted by atomic mass is 16.6. The van der Waals surface area contributed by atoms with Crippen LogP contribution in [0.25, 0.3) is 10.9 Å². The molecule has 0 unspecified atom stereocenters. The average Bonchev–Trinajstić information content (AvgIpc) is 2.31. The Kier molecular flexibility index (Phi) is 3.14. The van der Waals surface area contributed by atoms with Crippen LogP contribution in [0, 0.1) is 17.0 Å². The van der Waals surface area contributed by atoms with E-state index in [2.05, 4.69) is 4.98 Å². The smallest absolute Gasteiger partial charge is 0.270 e. The molecule has 0 amide bonds. The third-order valence-electron chi connectivity index (χ3n) is 2.94. The van der Waals surface area contributed by atoms with Gasteiger partial charge in [0.05, 0.1) is 10.4 Å². The van der Waals surface area contributed by atoms with E-state index in [4.69, 9.17) is 0 Å². The fourth-order valence-corrected chi connectivity index (χ4v) is 2.09. The summed E-state index contributed by atoms with van der Waals surface area (Å²) >= 11 is 0. The predicted molar refractivity (Wildman–Crippen MR) is 70.0 cm³/mol. The fourth-order valence-electron chi connectivity index (χ4n) is 2.09. The topological polar surface area (TPSA) is 76.0 Å². The molecule has 2 aromatic rings. The largest absolute Gasteiger partial charge is 0.321 e. The summed E-state index contributed by atoms with van der Waals surface area (Å²) in [4.78, 5) is 25.0. The number of rotatable bonds is 3. The SMILES string of the molecule is CCCc1cc2cc([N+](=O)[O-])cc(C)c2[nH]c1=O. The van der Waals surface area contributed by atoms with Crippen molar-refractivity contribution < 1.29 is 4.92 Å². The highest BCUT2D eigenvalue weighted by Gasteiger charge is 2.11. The first kappa shape index (κ1) is 12.3. The summed E-state index contributed by atoms with van der Waals surface area (Å²) in [5.41, 5.74) is 1.99. The van der Waals surface area contributed by atoms with Gasteiger partial charge in [-0.2, -0.15) is 0 Å². The van der Waals surface area contributed by atoms with Crippen molar-refractivity contribution in [2.75, 3.05) is 0 Å². The summed E-state index contributed by atoms with van der Waals surface area (Å²) in [5.74, 6) is 0. The van der Waals surface area contributed by atoms with Gasteiger partial charge in [0.2, 0.25) is 0 Å². The lowest BCUT2D eigenvalue weighted by molar-refractivity contribution is -0.384. The van der Waals surface area contributed by atoms with Crippen molar-refractivity contribution in [1.29, 1.82) is 0 Å². The van der Waals surface area contributed by atoms with Gasteiger partial charge in [0.25, 0.3) is 11.2 Å². The van der Waals surface area contributed by atoms with Gasteiger partial charge in [-0.1, -0.05) is 13.3 Å². The Balaban J connectivity index is 2.73. The molecule has 18 heavy (non-hydrogen) atoms. The zero-order chi connectivity index (χ0) is 13.3. The molecule has 0 aliphatic heterocycles. The van der Waals surface area contributed by atoms with Gasteiger partial charge in [-0.3, -0.25) is 14.9 Å². The number of nitrogens with zero attached hydrogens (tertiary/aromatic N) is 1. The van der Waals surface area contributed by atoms with Crippen LogP contribution in [0.5, 0.6) is 0 Å². The van der Waals surface area contributed by atoms with Gasteiger partial charge in [0, 0.05) is 23.1 Å². The van der Waals surface area contributed by atoms with Gasteiger partial charge in [-0.25, -0.2) is 0 Å². The molecule has 1 aromatic heterocycles. The second kappa shape index (κ2) is 4.60. The third kappa shape index (κ3) is 2.11. The molecule has 0 radical (unpaired) electrons. The van der Waals surface area contributed by atoms with E-state index in [1.165, 1.54) is 12.1 Å². The van der Waals surface area contributed by atoms with Crippen molar-refractivity contribution in [2.24, 2.45) is 0 Å². The van der Waals surface area contributed by atoms with Crippen molar-refractivity contribution >= 4 is 16.6 Å². The number of hydrogen-bond acceptors (Lipinski definition) is 3. The monoisotopic (exact) mass is 246 g/mol. The lowest BCUT2D eigenvalue weighted by Crippen LogP contribution is -2.12. The molecule has 1 aromatic carbocycles. The molecule has 0 spiro atoms. The number of non-ortho nitro benzene ring substituents is 1. The number of aromatic nitrogens is 1. The minimum atomic E-state index is -0.420. The molecule has 5 nitrogen and oxygen atoms in total. The lowest BCUT2D eigenvalue weighted by atomic mass is 10.1. The normalized spacial score (nSPS) is 10.8. The second-order valence-corrected chi connectivity index (χ2v) is 4.36. The molecule has 0 fully saturated rings. The summed E-state index contributed by atoms with van der Waals surface area (Å²) in [6.07, 6.45) is 1.54. The Morgan fingerprint density at radius 1 is 1.33 bits per heavy atom. The van der Waals surface area contributed by atoms with Crippen molar-refractivity contribution in [3.05, 3.63) is 49.8 Å². The Morgan fingerprint density at radius 2 is 2.06 bits per heavy atom. The number of H-pyrrole nitrogens is 1. The first-order chi connectivity index (χ1) is 8.52. The van der Waals surface area contributed by atoms with Crippen molar-refractivity contribution in [1.82, 2.24) is 4.98 Å². The number of nitrogens with one attached hydrogen (secondary N) is 1. The maximum absolute atomic E-state index is 11.8. The van der Waals surface area contributed by atoms with Crippen LogP contribution in [0.1, 0.15) is 24.5 Å². The number of fused-ring (bicyclic) bond motifs is 1. The minimum absolute atomic E-state index is 0.0505. The Morgan fingerprint density at radius 3 is 2.67 bits per heavy atom. The van der Waals surface area contributed by atoms with Crippen LogP contribution in [0.2, 0.25) is 0 Å². The number of aryl methyl sites for hydroxylation is 2. The molecule has 0 atom stereocenters. The number of nitro groups is 1. The second-order valence-electron chi connectivity index (χ2n) is 4.36. The molecule has 0 bridgehead atoms. The zero-order valence-corrected chi connectivity index (χ0v) is 10.3. The first-order valence-electron chi connectivity index (χ1n) is 5.84. The van der Waals surface area contributed by atoms with E-state index in [1.807, 2.05) is 6.92 Å². The van der Waals surface area contributed by atoms with Crippen LogP contribution in [0.15, 0.2) is 23.0 Å². The number of pyridine rings is 1. The Hall–Kier alpha value is -2.17.